The molecule has 2 aliphatic rings. The highest BCUT2D eigenvalue weighted by Gasteiger charge is 2.37. The first-order valence-corrected chi connectivity index (χ1v) is 8.11. The summed E-state index contributed by atoms with van der Waals surface area (Å²) in [6.07, 6.45) is 9.09. The minimum atomic E-state index is 0.228. The lowest BCUT2D eigenvalue weighted by molar-refractivity contribution is 0.332. The number of aliphatic imine (C=N–C) groups is 1. The largest absolute Gasteiger partial charge is 0.360 e. The molecule has 17 heavy (non-hydrogen) atoms. The van der Waals surface area contributed by atoms with E-state index in [2.05, 4.69) is 26.1 Å². The van der Waals surface area contributed by atoms with Crippen LogP contribution in [-0.4, -0.2) is 22.0 Å². The van der Waals surface area contributed by atoms with Crippen LogP contribution in [0.2, 0.25) is 0 Å². The number of rotatable bonds is 3. The van der Waals surface area contributed by atoms with Gasteiger partial charge in [-0.1, -0.05) is 44.9 Å². The van der Waals surface area contributed by atoms with E-state index in [0.717, 1.165) is 12.8 Å². The fraction of sp³-hybridized carbons (Fsp3) is 0.929. The highest BCUT2D eigenvalue weighted by molar-refractivity contribution is 8.14. The molecule has 1 heterocycles. The van der Waals surface area contributed by atoms with Gasteiger partial charge in [-0.25, -0.2) is 0 Å². The summed E-state index contributed by atoms with van der Waals surface area (Å²) in [7, 11) is 0. The molecule has 0 aromatic heterocycles. The van der Waals surface area contributed by atoms with Crippen molar-refractivity contribution in [2.24, 2.45) is 4.99 Å². The molecule has 0 atom stereocenters. The summed E-state index contributed by atoms with van der Waals surface area (Å²) in [6.45, 7) is 6.82. The summed E-state index contributed by atoms with van der Waals surface area (Å²) in [5, 5.41) is 4.88. The molecule has 1 saturated carbocycles. The Kier molecular flexibility index (Phi) is 4.06. The van der Waals surface area contributed by atoms with E-state index in [4.69, 9.17) is 4.99 Å². The first kappa shape index (κ1) is 13.3. The van der Waals surface area contributed by atoms with Crippen molar-refractivity contribution in [2.75, 3.05) is 5.75 Å². The van der Waals surface area contributed by atoms with Crippen molar-refractivity contribution in [1.29, 1.82) is 0 Å². The number of nitrogens with zero attached hydrogens (tertiary/aromatic N) is 1. The third kappa shape index (κ3) is 2.98. The van der Waals surface area contributed by atoms with Crippen molar-refractivity contribution >= 4 is 16.9 Å². The quantitative estimate of drug-likeness (QED) is 0.824. The van der Waals surface area contributed by atoms with Crippen LogP contribution in [-0.2, 0) is 0 Å². The zero-order chi connectivity index (χ0) is 12.4. The molecule has 0 radical (unpaired) electrons. The maximum atomic E-state index is 5.03. The number of hydrogen-bond donors (Lipinski definition) is 1. The molecule has 1 fully saturated rings. The summed E-state index contributed by atoms with van der Waals surface area (Å²) >= 11 is 1.94. The van der Waals surface area contributed by atoms with Crippen LogP contribution in [0, 0.1) is 0 Å². The lowest BCUT2D eigenvalue weighted by atomic mass is 9.84. The van der Waals surface area contributed by atoms with Crippen molar-refractivity contribution in [3.05, 3.63) is 0 Å². The monoisotopic (exact) mass is 254 g/mol. The van der Waals surface area contributed by atoms with E-state index in [9.17, 15) is 0 Å². The van der Waals surface area contributed by atoms with Gasteiger partial charge >= 0.3 is 0 Å². The lowest BCUT2D eigenvalue weighted by Crippen LogP contribution is -2.43. The van der Waals surface area contributed by atoms with Crippen molar-refractivity contribution in [3.8, 4) is 0 Å². The van der Waals surface area contributed by atoms with Gasteiger partial charge in [0.15, 0.2) is 5.17 Å². The van der Waals surface area contributed by atoms with E-state index < -0.39 is 0 Å². The predicted octanol–water partition coefficient (Wildman–Crippen LogP) is 3.96. The fourth-order valence-corrected chi connectivity index (χ4v) is 4.03. The number of amidine groups is 1. The number of thioether (sulfide) groups is 1. The van der Waals surface area contributed by atoms with E-state index in [0.29, 0.717) is 5.54 Å². The van der Waals surface area contributed by atoms with Crippen LogP contribution in [0.5, 0.6) is 0 Å². The summed E-state index contributed by atoms with van der Waals surface area (Å²) in [4.78, 5) is 5.03. The Morgan fingerprint density at radius 1 is 1.24 bits per heavy atom. The van der Waals surface area contributed by atoms with Crippen LogP contribution in [0.25, 0.3) is 0 Å². The fourth-order valence-electron chi connectivity index (χ4n) is 2.70. The Hall–Kier alpha value is -0.180. The van der Waals surface area contributed by atoms with Gasteiger partial charge in [-0.3, -0.25) is 4.99 Å². The molecular formula is C14H26N2S. The van der Waals surface area contributed by atoms with Gasteiger partial charge in [0, 0.05) is 11.3 Å². The highest BCUT2D eigenvalue weighted by atomic mass is 32.2. The Morgan fingerprint density at radius 3 is 2.47 bits per heavy atom. The lowest BCUT2D eigenvalue weighted by Gasteiger charge is -2.30. The zero-order valence-electron chi connectivity index (χ0n) is 11.5. The van der Waals surface area contributed by atoms with Gasteiger partial charge in [-0.2, -0.15) is 0 Å². The molecule has 2 nitrogen and oxygen atoms in total. The zero-order valence-corrected chi connectivity index (χ0v) is 12.3. The van der Waals surface area contributed by atoms with E-state index in [1.54, 1.807) is 0 Å². The molecule has 2 rings (SSSR count). The summed E-state index contributed by atoms with van der Waals surface area (Å²) < 4.78 is 0. The Balaban J connectivity index is 2.01. The van der Waals surface area contributed by atoms with Crippen molar-refractivity contribution in [1.82, 2.24) is 5.32 Å². The first-order chi connectivity index (χ1) is 8.11. The van der Waals surface area contributed by atoms with E-state index in [1.807, 2.05) is 11.8 Å². The number of nitrogens with one attached hydrogen (secondary N) is 1. The normalized spacial score (nSPS) is 23.8. The molecule has 1 aliphatic heterocycles. The second-order valence-electron chi connectivity index (χ2n) is 5.88. The second-order valence-corrected chi connectivity index (χ2v) is 6.85. The van der Waals surface area contributed by atoms with E-state index in [-0.39, 0.29) is 5.54 Å². The topological polar surface area (TPSA) is 24.4 Å². The van der Waals surface area contributed by atoms with Crippen LogP contribution in [0.4, 0.5) is 0 Å². The van der Waals surface area contributed by atoms with Gasteiger partial charge in [0.1, 0.15) is 0 Å². The molecule has 0 bridgehead atoms. The molecular weight excluding hydrogens is 228 g/mol. The van der Waals surface area contributed by atoms with Crippen LogP contribution in [0.1, 0.15) is 65.7 Å². The average Bonchev–Trinajstić information content (AvgIpc) is 2.72. The van der Waals surface area contributed by atoms with Gasteiger partial charge in [0.2, 0.25) is 0 Å². The predicted molar refractivity (Wildman–Crippen MR) is 77.8 cm³/mol. The second kappa shape index (κ2) is 5.21. The van der Waals surface area contributed by atoms with Crippen LogP contribution >= 0.6 is 11.8 Å². The minimum absolute atomic E-state index is 0.228. The SMILES string of the molecule is CCC(C)(CC)NC1=NC2(CCCCC2)CS1. The van der Waals surface area contributed by atoms with Gasteiger partial charge in [-0.15, -0.1) is 0 Å². The van der Waals surface area contributed by atoms with Gasteiger partial charge < -0.3 is 5.32 Å². The third-order valence-electron chi connectivity index (χ3n) is 4.57. The van der Waals surface area contributed by atoms with Crippen molar-refractivity contribution < 1.29 is 0 Å². The molecule has 1 N–H and O–H groups in total. The van der Waals surface area contributed by atoms with Crippen LogP contribution < -0.4 is 5.32 Å². The molecule has 0 aromatic carbocycles. The first-order valence-electron chi connectivity index (χ1n) is 7.12. The maximum Gasteiger partial charge on any atom is 0.157 e. The average molecular weight is 254 g/mol. The summed E-state index contributed by atoms with van der Waals surface area (Å²) in [6, 6.07) is 0. The number of hydrogen-bond acceptors (Lipinski definition) is 3. The van der Waals surface area contributed by atoms with Crippen LogP contribution in [0.3, 0.4) is 0 Å². The van der Waals surface area contributed by atoms with Crippen molar-refractivity contribution in [3.63, 3.8) is 0 Å². The Labute approximate surface area is 110 Å². The van der Waals surface area contributed by atoms with Gasteiger partial charge in [0.05, 0.1) is 5.54 Å². The smallest absolute Gasteiger partial charge is 0.157 e. The molecule has 0 aromatic rings. The standard InChI is InChI=1S/C14H26N2S/c1-4-13(3,5-2)15-12-16-14(11-17-12)9-7-6-8-10-14/h4-11H2,1-3H3,(H,15,16). The minimum Gasteiger partial charge on any atom is -0.360 e. The Bertz CT molecular complexity index is 289. The molecule has 3 heteroatoms. The molecule has 98 valence electrons. The molecule has 0 saturated heterocycles. The Morgan fingerprint density at radius 2 is 1.88 bits per heavy atom. The summed E-state index contributed by atoms with van der Waals surface area (Å²) in [5.41, 5.74) is 0.527. The van der Waals surface area contributed by atoms with E-state index in [1.165, 1.54) is 43.0 Å². The van der Waals surface area contributed by atoms with Gasteiger partial charge in [0.25, 0.3) is 0 Å². The van der Waals surface area contributed by atoms with Crippen molar-refractivity contribution in [2.45, 2.75) is 76.8 Å². The summed E-state index contributed by atoms with van der Waals surface area (Å²) in [5.74, 6) is 1.21. The molecule has 1 spiro atoms. The van der Waals surface area contributed by atoms with Crippen LogP contribution in [0.15, 0.2) is 4.99 Å². The highest BCUT2D eigenvalue weighted by Crippen LogP contribution is 2.39. The third-order valence-corrected chi connectivity index (χ3v) is 5.72. The molecule has 0 unspecified atom stereocenters. The molecule has 1 aliphatic carbocycles. The van der Waals surface area contributed by atoms with Gasteiger partial charge in [-0.05, 0) is 32.6 Å². The molecule has 0 amide bonds. The van der Waals surface area contributed by atoms with E-state index >= 15 is 0 Å². The maximum absolute atomic E-state index is 5.03.